The fraction of sp³-hybridized carbons (Fsp3) is 0.667. The Morgan fingerprint density at radius 1 is 1.17 bits per heavy atom. The average molecular weight is 405 g/mol. The van der Waals surface area contributed by atoms with Gasteiger partial charge in [-0.25, -0.2) is 4.79 Å². The number of hydrogen-bond acceptors (Lipinski definition) is 6. The molecule has 1 aliphatic carbocycles. The SMILES string of the molecule is COC(=O)c1c(C)c(C(=O)CN(CCN2CCOCC2)C(=O)C2CC2)c(C)n1C. The topological polar surface area (TPSA) is 81.1 Å². The molecule has 1 amide bonds. The van der Waals surface area contributed by atoms with Gasteiger partial charge in [0.1, 0.15) is 5.69 Å². The lowest BCUT2D eigenvalue weighted by Crippen LogP contribution is -2.45. The number of morpholine rings is 1. The van der Waals surface area contributed by atoms with Crippen molar-refractivity contribution in [2.75, 3.05) is 53.0 Å². The number of methoxy groups -OCH3 is 1. The zero-order valence-electron chi connectivity index (χ0n) is 17.8. The lowest BCUT2D eigenvalue weighted by molar-refractivity contribution is -0.132. The van der Waals surface area contributed by atoms with Crippen LogP contribution in [0.1, 0.15) is 44.9 Å². The first-order valence-electron chi connectivity index (χ1n) is 10.2. The van der Waals surface area contributed by atoms with Crippen LogP contribution in [0.15, 0.2) is 0 Å². The van der Waals surface area contributed by atoms with Crippen LogP contribution < -0.4 is 0 Å². The number of nitrogens with zero attached hydrogens (tertiary/aromatic N) is 3. The van der Waals surface area contributed by atoms with Gasteiger partial charge < -0.3 is 18.9 Å². The molecule has 29 heavy (non-hydrogen) atoms. The standard InChI is InChI=1S/C21H31N3O5/c1-14-18(15(2)22(3)19(14)21(27)28-4)17(25)13-24(20(26)16-5-6-16)8-7-23-9-11-29-12-10-23/h16H,5-13H2,1-4H3. The normalized spacial score (nSPS) is 17.2. The van der Waals surface area contributed by atoms with E-state index in [0.29, 0.717) is 42.3 Å². The molecule has 160 valence electrons. The van der Waals surface area contributed by atoms with Crippen molar-refractivity contribution in [3.63, 3.8) is 0 Å². The molecule has 1 saturated carbocycles. The summed E-state index contributed by atoms with van der Waals surface area (Å²) in [5.74, 6) is -0.491. The third kappa shape index (κ3) is 4.70. The van der Waals surface area contributed by atoms with Crippen molar-refractivity contribution in [3.8, 4) is 0 Å². The quantitative estimate of drug-likeness (QED) is 0.477. The van der Waals surface area contributed by atoms with Gasteiger partial charge in [0.15, 0.2) is 5.78 Å². The molecule has 2 heterocycles. The summed E-state index contributed by atoms with van der Waals surface area (Å²) in [7, 11) is 3.07. The predicted molar refractivity (Wildman–Crippen MR) is 107 cm³/mol. The molecule has 8 nitrogen and oxygen atoms in total. The Morgan fingerprint density at radius 2 is 1.83 bits per heavy atom. The van der Waals surface area contributed by atoms with Gasteiger partial charge in [-0.05, 0) is 32.3 Å². The molecule has 0 bridgehead atoms. The minimum absolute atomic E-state index is 0.0337. The molecule has 0 spiro atoms. The minimum atomic E-state index is -0.467. The van der Waals surface area contributed by atoms with Crippen LogP contribution in [0.4, 0.5) is 0 Å². The first-order chi connectivity index (χ1) is 13.8. The number of amides is 1. The number of esters is 1. The van der Waals surface area contributed by atoms with Gasteiger partial charge in [-0.3, -0.25) is 14.5 Å². The van der Waals surface area contributed by atoms with Gasteiger partial charge in [0.05, 0.1) is 26.9 Å². The molecule has 2 aliphatic rings. The number of hydrogen-bond donors (Lipinski definition) is 0. The van der Waals surface area contributed by atoms with E-state index < -0.39 is 5.97 Å². The van der Waals surface area contributed by atoms with E-state index in [9.17, 15) is 14.4 Å². The van der Waals surface area contributed by atoms with E-state index in [0.717, 1.165) is 32.5 Å². The van der Waals surface area contributed by atoms with Crippen LogP contribution in [0.25, 0.3) is 0 Å². The summed E-state index contributed by atoms with van der Waals surface area (Å²) in [5.41, 5.74) is 2.20. The minimum Gasteiger partial charge on any atom is -0.464 e. The fourth-order valence-electron chi connectivity index (χ4n) is 3.97. The van der Waals surface area contributed by atoms with Crippen molar-refractivity contribution in [1.29, 1.82) is 0 Å². The van der Waals surface area contributed by atoms with Gasteiger partial charge in [-0.2, -0.15) is 0 Å². The first-order valence-corrected chi connectivity index (χ1v) is 10.2. The molecule has 0 unspecified atom stereocenters. The molecule has 0 aromatic carbocycles. The maximum Gasteiger partial charge on any atom is 0.354 e. The van der Waals surface area contributed by atoms with Crippen molar-refractivity contribution in [2.24, 2.45) is 13.0 Å². The molecule has 2 fully saturated rings. The van der Waals surface area contributed by atoms with Crippen LogP contribution in [0.3, 0.4) is 0 Å². The summed E-state index contributed by atoms with van der Waals surface area (Å²) in [6, 6.07) is 0. The van der Waals surface area contributed by atoms with Crippen LogP contribution in [-0.4, -0.2) is 85.1 Å². The zero-order chi connectivity index (χ0) is 21.1. The van der Waals surface area contributed by atoms with Crippen molar-refractivity contribution in [3.05, 3.63) is 22.5 Å². The van der Waals surface area contributed by atoms with E-state index in [1.807, 2.05) is 6.92 Å². The Kier molecular flexibility index (Phi) is 6.74. The molecule has 3 rings (SSSR count). The van der Waals surface area contributed by atoms with E-state index in [2.05, 4.69) is 4.90 Å². The summed E-state index contributed by atoms with van der Waals surface area (Å²) < 4.78 is 11.9. The van der Waals surface area contributed by atoms with E-state index in [1.165, 1.54) is 7.11 Å². The summed E-state index contributed by atoms with van der Waals surface area (Å²) in [5, 5.41) is 0. The van der Waals surface area contributed by atoms with Crippen molar-refractivity contribution >= 4 is 17.7 Å². The Balaban J connectivity index is 1.75. The molecule has 1 aromatic heterocycles. The van der Waals surface area contributed by atoms with Gasteiger partial charge in [0.25, 0.3) is 0 Å². The maximum atomic E-state index is 13.2. The summed E-state index contributed by atoms with van der Waals surface area (Å²) in [6.07, 6.45) is 1.80. The second-order valence-electron chi connectivity index (χ2n) is 7.90. The lowest BCUT2D eigenvalue weighted by Gasteiger charge is -2.30. The highest BCUT2D eigenvalue weighted by Gasteiger charge is 2.35. The largest absolute Gasteiger partial charge is 0.464 e. The molecule has 1 saturated heterocycles. The Hall–Kier alpha value is -2.19. The maximum absolute atomic E-state index is 13.2. The van der Waals surface area contributed by atoms with E-state index in [4.69, 9.17) is 9.47 Å². The van der Waals surface area contributed by atoms with Crippen LogP contribution in [0.2, 0.25) is 0 Å². The van der Waals surface area contributed by atoms with Crippen LogP contribution in [-0.2, 0) is 21.3 Å². The molecule has 0 radical (unpaired) electrons. The predicted octanol–water partition coefficient (Wildman–Crippen LogP) is 1.18. The molecule has 0 N–H and O–H groups in total. The second-order valence-corrected chi connectivity index (χ2v) is 7.90. The number of carbonyl (C=O) groups is 3. The van der Waals surface area contributed by atoms with E-state index in [1.54, 1.807) is 23.4 Å². The molecule has 1 aromatic rings. The Morgan fingerprint density at radius 3 is 2.41 bits per heavy atom. The highest BCUT2D eigenvalue weighted by molar-refractivity contribution is 6.04. The van der Waals surface area contributed by atoms with Gasteiger partial charge in [0, 0.05) is 50.4 Å². The molecule has 1 aliphatic heterocycles. The van der Waals surface area contributed by atoms with Crippen molar-refractivity contribution < 1.29 is 23.9 Å². The smallest absolute Gasteiger partial charge is 0.354 e. The monoisotopic (exact) mass is 405 g/mol. The van der Waals surface area contributed by atoms with Crippen LogP contribution in [0.5, 0.6) is 0 Å². The van der Waals surface area contributed by atoms with Gasteiger partial charge in [-0.1, -0.05) is 0 Å². The summed E-state index contributed by atoms with van der Waals surface area (Å²) >= 11 is 0. The van der Waals surface area contributed by atoms with Gasteiger partial charge in [-0.15, -0.1) is 0 Å². The zero-order valence-corrected chi connectivity index (χ0v) is 17.8. The van der Waals surface area contributed by atoms with E-state index in [-0.39, 0.29) is 24.2 Å². The van der Waals surface area contributed by atoms with Crippen LogP contribution >= 0.6 is 0 Å². The van der Waals surface area contributed by atoms with Crippen LogP contribution in [0, 0.1) is 19.8 Å². The highest BCUT2D eigenvalue weighted by atomic mass is 16.5. The number of ketones is 1. The number of carbonyl (C=O) groups excluding carboxylic acids is 3. The number of rotatable bonds is 8. The number of ether oxygens (including phenoxy) is 2. The van der Waals surface area contributed by atoms with Gasteiger partial charge in [0.2, 0.25) is 5.91 Å². The summed E-state index contributed by atoms with van der Waals surface area (Å²) in [6.45, 7) is 7.96. The number of Topliss-reactive ketones (excluding diaryl/α,β-unsaturated/α-hetero) is 1. The van der Waals surface area contributed by atoms with Gasteiger partial charge >= 0.3 is 5.97 Å². The Labute approximate surface area is 171 Å². The molecule has 0 atom stereocenters. The average Bonchev–Trinajstić information content (AvgIpc) is 3.53. The highest BCUT2D eigenvalue weighted by Crippen LogP contribution is 2.31. The second kappa shape index (κ2) is 9.09. The molecular formula is C21H31N3O5. The lowest BCUT2D eigenvalue weighted by atomic mass is 10.0. The molecule has 8 heteroatoms. The third-order valence-corrected chi connectivity index (χ3v) is 5.95. The Bertz CT molecular complexity index is 791. The van der Waals surface area contributed by atoms with Crippen molar-refractivity contribution in [2.45, 2.75) is 26.7 Å². The van der Waals surface area contributed by atoms with E-state index >= 15 is 0 Å². The fourth-order valence-corrected chi connectivity index (χ4v) is 3.97. The summed E-state index contributed by atoms with van der Waals surface area (Å²) in [4.78, 5) is 42.0. The molecular weight excluding hydrogens is 374 g/mol. The third-order valence-electron chi connectivity index (χ3n) is 5.95. The number of aromatic nitrogens is 1. The first kappa shape index (κ1) is 21.5. The van der Waals surface area contributed by atoms with Crippen molar-refractivity contribution in [1.82, 2.24) is 14.4 Å².